The number of hydrogen-bond acceptors (Lipinski definition) is 4. The van der Waals surface area contributed by atoms with E-state index in [9.17, 15) is 13.2 Å². The quantitative estimate of drug-likeness (QED) is 0.763. The molecule has 1 heterocycles. The minimum atomic E-state index is -2.96. The number of nitrogens with one attached hydrogen (secondary N) is 1. The molecule has 0 aromatic carbocycles. The van der Waals surface area contributed by atoms with Crippen LogP contribution >= 0.6 is 0 Å². The van der Waals surface area contributed by atoms with E-state index < -0.39 is 9.84 Å². The lowest BCUT2D eigenvalue weighted by molar-refractivity contribution is -0.131. The smallest absolute Gasteiger partial charge is 0.224 e. The number of unbranched alkanes of at least 4 members (excludes halogenated alkanes) is 1. The van der Waals surface area contributed by atoms with E-state index in [1.54, 1.807) is 0 Å². The maximum atomic E-state index is 12.1. The lowest BCUT2D eigenvalue weighted by Crippen LogP contribution is -2.48. The van der Waals surface area contributed by atoms with Crippen molar-refractivity contribution >= 4 is 15.7 Å². The molecule has 0 aromatic rings. The zero-order valence-corrected chi connectivity index (χ0v) is 12.1. The Balaban J connectivity index is 2.47. The van der Waals surface area contributed by atoms with Crippen LogP contribution in [-0.2, 0) is 14.6 Å². The summed E-state index contributed by atoms with van der Waals surface area (Å²) in [7, 11) is -2.96. The van der Waals surface area contributed by atoms with Crippen molar-refractivity contribution in [2.75, 3.05) is 31.1 Å². The van der Waals surface area contributed by atoms with Gasteiger partial charge in [0.2, 0.25) is 5.91 Å². The van der Waals surface area contributed by atoms with Crippen LogP contribution < -0.4 is 5.32 Å². The summed E-state index contributed by atoms with van der Waals surface area (Å²) in [4.78, 5) is 13.9. The third-order valence-electron chi connectivity index (χ3n) is 3.24. The maximum Gasteiger partial charge on any atom is 0.224 e. The van der Waals surface area contributed by atoms with Crippen LogP contribution in [0, 0.1) is 0 Å². The summed E-state index contributed by atoms with van der Waals surface area (Å²) in [5.74, 6) is 0.329. The van der Waals surface area contributed by atoms with Crippen molar-refractivity contribution in [2.24, 2.45) is 0 Å². The fourth-order valence-corrected chi connectivity index (χ4v) is 3.59. The van der Waals surface area contributed by atoms with Crippen LogP contribution in [0.5, 0.6) is 0 Å². The van der Waals surface area contributed by atoms with E-state index in [4.69, 9.17) is 0 Å². The third-order valence-corrected chi connectivity index (χ3v) is 4.97. The average Bonchev–Trinajstić information content (AvgIpc) is 2.28. The first-order valence-corrected chi connectivity index (χ1v) is 8.52. The van der Waals surface area contributed by atoms with Gasteiger partial charge in [-0.3, -0.25) is 4.79 Å². The lowest BCUT2D eigenvalue weighted by Gasteiger charge is -2.27. The van der Waals surface area contributed by atoms with Crippen LogP contribution in [0.4, 0.5) is 0 Å². The van der Waals surface area contributed by atoms with Gasteiger partial charge >= 0.3 is 0 Å². The van der Waals surface area contributed by atoms with E-state index >= 15 is 0 Å². The van der Waals surface area contributed by atoms with E-state index in [0.29, 0.717) is 13.1 Å². The number of carbonyl (C=O) groups is 1. The highest BCUT2D eigenvalue weighted by atomic mass is 32.2. The molecular weight excluding hydrogens is 252 g/mol. The molecule has 5 nitrogen and oxygen atoms in total. The molecule has 1 unspecified atom stereocenters. The predicted molar refractivity (Wildman–Crippen MR) is 72.2 cm³/mol. The highest BCUT2D eigenvalue weighted by molar-refractivity contribution is 7.91. The monoisotopic (exact) mass is 276 g/mol. The van der Waals surface area contributed by atoms with Gasteiger partial charge in [0.05, 0.1) is 11.5 Å². The second-order valence-electron chi connectivity index (χ2n) is 4.80. The molecular formula is C12H24N2O3S. The number of nitrogens with zero attached hydrogens (tertiary/aromatic N) is 1. The zero-order valence-electron chi connectivity index (χ0n) is 11.3. The van der Waals surface area contributed by atoms with Crippen molar-refractivity contribution in [3.05, 3.63) is 0 Å². The molecule has 0 bridgehead atoms. The van der Waals surface area contributed by atoms with Crippen LogP contribution in [0.3, 0.4) is 0 Å². The zero-order chi connectivity index (χ0) is 13.6. The Morgan fingerprint density at radius 1 is 1.39 bits per heavy atom. The van der Waals surface area contributed by atoms with Gasteiger partial charge in [0.1, 0.15) is 0 Å². The molecule has 0 saturated carbocycles. The van der Waals surface area contributed by atoms with Crippen LogP contribution in [0.2, 0.25) is 0 Å². The Hall–Kier alpha value is -0.620. The maximum absolute atomic E-state index is 12.1. The SMILES string of the molecule is CCCCN(CC)C(=O)CC1CS(=O)(=O)CCN1. The molecule has 1 N–H and O–H groups in total. The second kappa shape index (κ2) is 7.09. The van der Waals surface area contributed by atoms with E-state index in [2.05, 4.69) is 12.2 Å². The summed E-state index contributed by atoms with van der Waals surface area (Å²) >= 11 is 0. The summed E-state index contributed by atoms with van der Waals surface area (Å²) in [6.07, 6.45) is 2.34. The van der Waals surface area contributed by atoms with Crippen molar-refractivity contribution in [3.8, 4) is 0 Å². The molecule has 106 valence electrons. The number of carbonyl (C=O) groups excluding carboxylic acids is 1. The summed E-state index contributed by atoms with van der Waals surface area (Å²) in [6.45, 7) is 5.97. The molecule has 0 aromatic heterocycles. The highest BCUT2D eigenvalue weighted by Gasteiger charge is 2.27. The number of hydrogen-bond donors (Lipinski definition) is 1. The fraction of sp³-hybridized carbons (Fsp3) is 0.917. The lowest BCUT2D eigenvalue weighted by atomic mass is 10.2. The van der Waals surface area contributed by atoms with Crippen molar-refractivity contribution in [1.82, 2.24) is 10.2 Å². The van der Waals surface area contributed by atoms with Gasteiger partial charge < -0.3 is 10.2 Å². The number of sulfone groups is 1. The third kappa shape index (κ3) is 4.94. The summed E-state index contributed by atoms with van der Waals surface area (Å²) in [5.41, 5.74) is 0. The van der Waals surface area contributed by atoms with E-state index in [-0.39, 0.29) is 29.9 Å². The molecule has 18 heavy (non-hydrogen) atoms. The molecule has 1 saturated heterocycles. The van der Waals surface area contributed by atoms with Crippen molar-refractivity contribution in [1.29, 1.82) is 0 Å². The summed E-state index contributed by atoms with van der Waals surface area (Å²) < 4.78 is 23.0. The topological polar surface area (TPSA) is 66.5 Å². The second-order valence-corrected chi connectivity index (χ2v) is 7.03. The Morgan fingerprint density at radius 3 is 2.67 bits per heavy atom. The van der Waals surface area contributed by atoms with Gasteiger partial charge in [0, 0.05) is 32.1 Å². The van der Waals surface area contributed by atoms with Gasteiger partial charge in [-0.15, -0.1) is 0 Å². The van der Waals surface area contributed by atoms with Crippen LogP contribution in [0.25, 0.3) is 0 Å². The largest absolute Gasteiger partial charge is 0.343 e. The fourth-order valence-electron chi connectivity index (χ4n) is 2.15. The first kappa shape index (κ1) is 15.4. The Labute approximate surface area is 110 Å². The van der Waals surface area contributed by atoms with E-state index in [1.807, 2.05) is 11.8 Å². The highest BCUT2D eigenvalue weighted by Crippen LogP contribution is 2.08. The predicted octanol–water partition coefficient (Wildman–Crippen LogP) is 0.412. The normalized spacial score (nSPS) is 22.7. The molecule has 1 fully saturated rings. The Bertz CT molecular complexity index is 368. The van der Waals surface area contributed by atoms with Crippen LogP contribution in [0.1, 0.15) is 33.1 Å². The Kier molecular flexibility index (Phi) is 6.08. The van der Waals surface area contributed by atoms with Crippen molar-refractivity contribution in [3.63, 3.8) is 0 Å². The van der Waals surface area contributed by atoms with Crippen LogP contribution in [-0.4, -0.2) is 56.4 Å². The minimum absolute atomic E-state index is 0.0561. The van der Waals surface area contributed by atoms with Crippen LogP contribution in [0.15, 0.2) is 0 Å². The number of rotatable bonds is 6. The van der Waals surface area contributed by atoms with Gasteiger partial charge in [-0.25, -0.2) is 8.42 Å². The standard InChI is InChI=1S/C12H24N2O3S/c1-3-5-7-14(4-2)12(15)9-11-10-18(16,17)8-6-13-11/h11,13H,3-10H2,1-2H3. The van der Waals surface area contributed by atoms with Gasteiger partial charge in [-0.2, -0.15) is 0 Å². The molecule has 0 radical (unpaired) electrons. The Morgan fingerprint density at radius 2 is 2.11 bits per heavy atom. The molecule has 1 amide bonds. The summed E-state index contributed by atoms with van der Waals surface area (Å²) in [5, 5.41) is 3.11. The summed E-state index contributed by atoms with van der Waals surface area (Å²) in [6, 6.07) is -0.216. The molecule has 1 aliphatic rings. The molecule has 6 heteroatoms. The van der Waals surface area contributed by atoms with Crippen molar-refractivity contribution in [2.45, 2.75) is 39.2 Å². The molecule has 0 spiro atoms. The van der Waals surface area contributed by atoms with Gasteiger partial charge in [-0.1, -0.05) is 13.3 Å². The molecule has 0 aliphatic carbocycles. The molecule has 1 aliphatic heterocycles. The molecule has 1 rings (SSSR count). The van der Waals surface area contributed by atoms with E-state index in [1.165, 1.54) is 0 Å². The van der Waals surface area contributed by atoms with Crippen molar-refractivity contribution < 1.29 is 13.2 Å². The van der Waals surface area contributed by atoms with Gasteiger partial charge in [-0.05, 0) is 13.3 Å². The van der Waals surface area contributed by atoms with Gasteiger partial charge in [0.25, 0.3) is 0 Å². The molecule has 1 atom stereocenters. The van der Waals surface area contributed by atoms with E-state index in [0.717, 1.165) is 19.4 Å². The first-order valence-electron chi connectivity index (χ1n) is 6.70. The number of amides is 1. The average molecular weight is 276 g/mol. The minimum Gasteiger partial charge on any atom is -0.343 e. The first-order chi connectivity index (χ1) is 8.48. The van der Waals surface area contributed by atoms with Gasteiger partial charge in [0.15, 0.2) is 9.84 Å².